The van der Waals surface area contributed by atoms with Crippen LogP contribution in [0, 0.1) is 0 Å². The van der Waals surface area contributed by atoms with Crippen LogP contribution in [0.5, 0.6) is 0 Å². The number of methoxy groups -OCH3 is 1. The topological polar surface area (TPSA) is 81.7 Å². The fourth-order valence-electron chi connectivity index (χ4n) is 1.21. The number of carbonyl (C=O) groups is 1. The zero-order valence-electron chi connectivity index (χ0n) is 10.1. The van der Waals surface area contributed by atoms with Crippen LogP contribution in [-0.2, 0) is 19.6 Å². The summed E-state index contributed by atoms with van der Waals surface area (Å²) in [4.78, 5) is 16.0. The van der Waals surface area contributed by atoms with Gasteiger partial charge in [-0.3, -0.25) is 4.84 Å². The van der Waals surface area contributed by atoms with Gasteiger partial charge in [-0.2, -0.15) is 13.2 Å². The predicted molar refractivity (Wildman–Crippen MR) is 60.1 cm³/mol. The number of nitrogens with one attached hydrogen (secondary N) is 1. The van der Waals surface area contributed by atoms with Crippen molar-refractivity contribution < 1.29 is 36.0 Å². The van der Waals surface area contributed by atoms with Crippen molar-refractivity contribution >= 4 is 16.0 Å². The van der Waals surface area contributed by atoms with Gasteiger partial charge in [0, 0.05) is 0 Å². The molecule has 0 aliphatic heterocycles. The number of hydrogen-bond donors (Lipinski definition) is 1. The van der Waals surface area contributed by atoms with Gasteiger partial charge in [0.15, 0.2) is 6.61 Å². The molecule has 1 N–H and O–H groups in total. The Morgan fingerprint density at radius 2 is 1.90 bits per heavy atom. The molecule has 0 fully saturated rings. The van der Waals surface area contributed by atoms with E-state index in [1.807, 2.05) is 0 Å². The van der Waals surface area contributed by atoms with Gasteiger partial charge in [0.1, 0.15) is 0 Å². The van der Waals surface area contributed by atoms with Crippen molar-refractivity contribution in [3.8, 4) is 0 Å². The molecule has 1 aromatic carbocycles. The molecule has 0 amide bonds. The van der Waals surface area contributed by atoms with Crippen LogP contribution in [-0.4, -0.2) is 34.3 Å². The molecule has 1 aromatic rings. The predicted octanol–water partition coefficient (Wildman–Crippen LogP) is 1.25. The number of esters is 1. The maximum Gasteiger partial charge on any atom is 0.413 e. The second kappa shape index (κ2) is 6.20. The van der Waals surface area contributed by atoms with Crippen molar-refractivity contribution in [2.45, 2.75) is 11.1 Å². The maximum absolute atomic E-state index is 11.9. The molecule has 0 saturated carbocycles. The molecule has 0 aromatic heterocycles. The highest BCUT2D eigenvalue weighted by Crippen LogP contribution is 2.17. The molecule has 0 aliphatic rings. The third-order valence-corrected chi connectivity index (χ3v) is 3.26. The molecular formula is C10H10F3NO5S. The summed E-state index contributed by atoms with van der Waals surface area (Å²) in [6.45, 7) is -1.80. The molecule has 0 atom stereocenters. The van der Waals surface area contributed by atoms with Gasteiger partial charge in [0.05, 0.1) is 17.6 Å². The minimum atomic E-state index is -4.69. The third kappa shape index (κ3) is 4.47. The fraction of sp³-hybridized carbons (Fsp3) is 0.300. The summed E-state index contributed by atoms with van der Waals surface area (Å²) in [6.07, 6.45) is -4.69. The van der Waals surface area contributed by atoms with Crippen molar-refractivity contribution in [1.82, 2.24) is 4.89 Å². The van der Waals surface area contributed by atoms with Gasteiger partial charge >= 0.3 is 12.1 Å². The second-order valence-electron chi connectivity index (χ2n) is 3.48. The summed E-state index contributed by atoms with van der Waals surface area (Å²) in [7, 11) is -3.40. The molecule has 0 unspecified atom stereocenters. The molecule has 0 heterocycles. The van der Waals surface area contributed by atoms with Gasteiger partial charge in [-0.1, -0.05) is 17.0 Å². The summed E-state index contributed by atoms with van der Waals surface area (Å²) in [5.74, 6) is -0.943. The zero-order chi connectivity index (χ0) is 15.4. The summed E-state index contributed by atoms with van der Waals surface area (Å²) in [5, 5.41) is 0. The number of hydrogen-bond acceptors (Lipinski definition) is 5. The van der Waals surface area contributed by atoms with Crippen molar-refractivity contribution in [2.24, 2.45) is 0 Å². The Morgan fingerprint density at radius 3 is 2.45 bits per heavy atom. The SMILES string of the molecule is COC(=O)c1ccccc1S(=O)(=O)NOCC(F)(F)F. The lowest BCUT2D eigenvalue weighted by atomic mass is 10.2. The normalized spacial score (nSPS) is 12.2. The Labute approximate surface area is 112 Å². The van der Waals surface area contributed by atoms with Crippen LogP contribution in [0.4, 0.5) is 13.2 Å². The lowest BCUT2D eigenvalue weighted by Crippen LogP contribution is -2.30. The van der Waals surface area contributed by atoms with Gasteiger partial charge in [0.2, 0.25) is 0 Å². The number of benzene rings is 1. The average Bonchev–Trinajstić information content (AvgIpc) is 2.36. The second-order valence-corrected chi connectivity index (χ2v) is 5.09. The number of rotatable bonds is 5. The molecule has 10 heteroatoms. The lowest BCUT2D eigenvalue weighted by Gasteiger charge is -2.11. The first-order valence-electron chi connectivity index (χ1n) is 5.05. The van der Waals surface area contributed by atoms with Crippen LogP contribution < -0.4 is 4.89 Å². The number of carbonyl (C=O) groups excluding carboxylic acids is 1. The Morgan fingerprint density at radius 1 is 1.30 bits per heavy atom. The van der Waals surface area contributed by atoms with Crippen LogP contribution in [0.2, 0.25) is 0 Å². The Kier molecular flexibility index (Phi) is 5.09. The summed E-state index contributed by atoms with van der Waals surface area (Å²) >= 11 is 0. The standard InChI is InChI=1S/C10H10F3NO5S/c1-18-9(15)7-4-2-3-5-8(7)20(16,17)14-19-6-10(11,12)13/h2-5,14H,6H2,1H3. The monoisotopic (exact) mass is 313 g/mol. The minimum Gasteiger partial charge on any atom is -0.465 e. The van der Waals surface area contributed by atoms with Crippen molar-refractivity contribution in [3.63, 3.8) is 0 Å². The number of alkyl halides is 3. The Hall–Kier alpha value is -1.65. The number of halogens is 3. The van der Waals surface area contributed by atoms with Gasteiger partial charge in [-0.05, 0) is 12.1 Å². The molecule has 0 spiro atoms. The minimum absolute atomic E-state index is 0.321. The smallest absolute Gasteiger partial charge is 0.413 e. The first kappa shape index (κ1) is 16.4. The van der Waals surface area contributed by atoms with E-state index in [2.05, 4.69) is 9.57 Å². The zero-order valence-corrected chi connectivity index (χ0v) is 10.9. The lowest BCUT2D eigenvalue weighted by molar-refractivity contribution is -0.181. The van der Waals surface area contributed by atoms with Crippen LogP contribution in [0.1, 0.15) is 10.4 Å². The van der Waals surface area contributed by atoms with Crippen molar-refractivity contribution in [3.05, 3.63) is 29.8 Å². The first-order chi connectivity index (χ1) is 9.17. The molecule has 112 valence electrons. The van der Waals surface area contributed by atoms with Crippen LogP contribution in [0.3, 0.4) is 0 Å². The van der Waals surface area contributed by atoms with E-state index in [0.717, 1.165) is 19.2 Å². The van der Waals surface area contributed by atoms with Gasteiger partial charge in [0.25, 0.3) is 10.0 Å². The van der Waals surface area contributed by atoms with Gasteiger partial charge < -0.3 is 4.74 Å². The van der Waals surface area contributed by atoms with Gasteiger partial charge in [-0.15, -0.1) is 0 Å². The average molecular weight is 313 g/mol. The first-order valence-corrected chi connectivity index (χ1v) is 6.53. The highest BCUT2D eigenvalue weighted by atomic mass is 32.2. The molecule has 0 radical (unpaired) electrons. The van der Waals surface area contributed by atoms with E-state index in [0.29, 0.717) is 0 Å². The van der Waals surface area contributed by atoms with Gasteiger partial charge in [-0.25, -0.2) is 13.2 Å². The molecule has 20 heavy (non-hydrogen) atoms. The highest BCUT2D eigenvalue weighted by Gasteiger charge is 2.30. The Balaban J connectivity index is 2.96. The number of ether oxygens (including phenoxy) is 1. The largest absolute Gasteiger partial charge is 0.465 e. The van der Waals surface area contributed by atoms with E-state index in [9.17, 15) is 26.4 Å². The van der Waals surface area contributed by atoms with E-state index < -0.39 is 33.7 Å². The molecule has 0 bridgehead atoms. The van der Waals surface area contributed by atoms with E-state index >= 15 is 0 Å². The quantitative estimate of drug-likeness (QED) is 0.653. The molecule has 6 nitrogen and oxygen atoms in total. The highest BCUT2D eigenvalue weighted by molar-refractivity contribution is 7.89. The number of sulfonamides is 1. The molecule has 0 saturated heterocycles. The van der Waals surface area contributed by atoms with Crippen LogP contribution in [0.25, 0.3) is 0 Å². The molecule has 1 rings (SSSR count). The summed E-state index contributed by atoms with van der Waals surface area (Å²) in [5.41, 5.74) is -0.321. The van der Waals surface area contributed by atoms with E-state index in [1.165, 1.54) is 17.0 Å². The van der Waals surface area contributed by atoms with E-state index in [4.69, 9.17) is 0 Å². The van der Waals surface area contributed by atoms with E-state index in [1.54, 1.807) is 0 Å². The van der Waals surface area contributed by atoms with Crippen LogP contribution >= 0.6 is 0 Å². The molecular weight excluding hydrogens is 303 g/mol. The summed E-state index contributed by atoms with van der Waals surface area (Å²) in [6, 6.07) is 4.86. The molecule has 0 aliphatic carbocycles. The fourth-order valence-corrected chi connectivity index (χ4v) is 2.22. The third-order valence-electron chi connectivity index (χ3n) is 1.99. The maximum atomic E-state index is 11.9. The van der Waals surface area contributed by atoms with Crippen LogP contribution in [0.15, 0.2) is 29.2 Å². The van der Waals surface area contributed by atoms with E-state index in [-0.39, 0.29) is 5.56 Å². The summed E-state index contributed by atoms with van der Waals surface area (Å²) < 4.78 is 63.5. The van der Waals surface area contributed by atoms with Crippen molar-refractivity contribution in [2.75, 3.05) is 13.7 Å². The van der Waals surface area contributed by atoms with Crippen molar-refractivity contribution in [1.29, 1.82) is 0 Å². The Bertz CT molecular complexity index is 585.